The second-order valence-corrected chi connectivity index (χ2v) is 7.00. The third-order valence-electron chi connectivity index (χ3n) is 4.98. The molecule has 4 atom stereocenters. The highest BCUT2D eigenvalue weighted by Gasteiger charge is 2.58. The smallest absolute Gasteiger partial charge is 0.190 e. The number of nitrogens with zero attached hydrogens (tertiary/aromatic N) is 3. The third kappa shape index (κ3) is 2.10. The zero-order valence-electron chi connectivity index (χ0n) is 12.7. The summed E-state index contributed by atoms with van der Waals surface area (Å²) in [5.74, 6) is -1.21. The third-order valence-corrected chi connectivity index (χ3v) is 5.68. The van der Waals surface area contributed by atoms with Crippen LogP contribution in [0.4, 0.5) is 0 Å². The molecule has 3 rings (SSSR count). The van der Waals surface area contributed by atoms with Gasteiger partial charge >= 0.3 is 0 Å². The highest BCUT2D eigenvalue weighted by Crippen LogP contribution is 2.52. The monoisotopic (exact) mass is 322 g/mol. The Morgan fingerprint density at radius 1 is 1.35 bits per heavy atom. The fourth-order valence-corrected chi connectivity index (χ4v) is 4.58. The number of rotatable bonds is 1. The Kier molecular flexibility index (Phi) is 3.78. The molecule has 1 aromatic rings. The van der Waals surface area contributed by atoms with Gasteiger partial charge in [-0.05, 0) is 34.0 Å². The predicted molar refractivity (Wildman–Crippen MR) is 85.7 cm³/mol. The van der Waals surface area contributed by atoms with Crippen LogP contribution in [0.3, 0.4) is 0 Å². The molecule has 0 amide bonds. The lowest BCUT2D eigenvalue weighted by Crippen LogP contribution is -3.10. The number of thiophene rings is 1. The SMILES string of the molecule is C[NH+]1CC=C2C(C#N)C(=N)C(C#N)(C#N)[C@@H](c3ccsc3)[C@H]2C1. The van der Waals surface area contributed by atoms with Gasteiger partial charge in [0.2, 0.25) is 0 Å². The normalized spacial score (nSPS) is 31.9. The molecule has 1 aromatic heterocycles. The Bertz CT molecular complexity index is 772. The van der Waals surface area contributed by atoms with Crippen LogP contribution in [-0.4, -0.2) is 25.8 Å². The molecule has 0 saturated heterocycles. The maximum absolute atomic E-state index is 9.81. The quantitative estimate of drug-likeness (QED) is 0.757. The number of quaternary nitrogens is 1. The summed E-state index contributed by atoms with van der Waals surface area (Å²) in [6.45, 7) is 1.57. The van der Waals surface area contributed by atoms with E-state index in [1.165, 1.54) is 16.2 Å². The first-order chi connectivity index (χ1) is 11.1. The van der Waals surface area contributed by atoms with Gasteiger partial charge in [0.25, 0.3) is 0 Å². The molecule has 1 aliphatic carbocycles. The van der Waals surface area contributed by atoms with Crippen LogP contribution in [-0.2, 0) is 0 Å². The van der Waals surface area contributed by atoms with Gasteiger partial charge in [-0.25, -0.2) is 0 Å². The van der Waals surface area contributed by atoms with Crippen LogP contribution in [0.15, 0.2) is 28.5 Å². The van der Waals surface area contributed by atoms with E-state index >= 15 is 0 Å². The van der Waals surface area contributed by atoms with Crippen LogP contribution in [0.25, 0.3) is 0 Å². The number of fused-ring (bicyclic) bond motifs is 1. The number of hydrogen-bond acceptors (Lipinski definition) is 5. The molecule has 0 bridgehead atoms. The molecule has 23 heavy (non-hydrogen) atoms. The van der Waals surface area contributed by atoms with E-state index in [4.69, 9.17) is 5.41 Å². The molecule has 5 nitrogen and oxygen atoms in total. The van der Waals surface area contributed by atoms with E-state index in [9.17, 15) is 15.8 Å². The van der Waals surface area contributed by atoms with Crippen molar-refractivity contribution < 1.29 is 4.90 Å². The van der Waals surface area contributed by atoms with E-state index in [0.29, 0.717) is 0 Å². The second-order valence-electron chi connectivity index (χ2n) is 6.22. The van der Waals surface area contributed by atoms with E-state index < -0.39 is 11.3 Å². The molecular weight excluding hydrogens is 306 g/mol. The average molecular weight is 322 g/mol. The summed E-state index contributed by atoms with van der Waals surface area (Å²) < 4.78 is 0. The van der Waals surface area contributed by atoms with E-state index in [1.54, 1.807) is 0 Å². The van der Waals surface area contributed by atoms with Crippen molar-refractivity contribution in [3.63, 3.8) is 0 Å². The minimum Gasteiger partial charge on any atom is -0.334 e. The van der Waals surface area contributed by atoms with Gasteiger partial charge in [0, 0.05) is 11.8 Å². The lowest BCUT2D eigenvalue weighted by atomic mass is 9.54. The van der Waals surface area contributed by atoms with Crippen LogP contribution in [0.2, 0.25) is 0 Å². The summed E-state index contributed by atoms with van der Waals surface area (Å²) in [4.78, 5) is 1.29. The molecule has 0 radical (unpaired) electrons. The summed E-state index contributed by atoms with van der Waals surface area (Å²) >= 11 is 1.52. The van der Waals surface area contributed by atoms with E-state index in [1.807, 2.05) is 22.9 Å². The minimum atomic E-state index is -1.57. The maximum atomic E-state index is 9.81. The Morgan fingerprint density at radius 3 is 2.65 bits per heavy atom. The van der Waals surface area contributed by atoms with E-state index in [-0.39, 0.29) is 17.5 Å². The van der Waals surface area contributed by atoms with Gasteiger partial charge in [-0.15, -0.1) is 0 Å². The Hall–Kier alpha value is -2.46. The van der Waals surface area contributed by atoms with Crippen LogP contribution in [0.5, 0.6) is 0 Å². The molecule has 1 saturated carbocycles. The maximum Gasteiger partial charge on any atom is 0.190 e. The molecular formula is C17H16N5S+. The zero-order chi connectivity index (χ0) is 16.6. The Balaban J connectivity index is 2.25. The van der Waals surface area contributed by atoms with Crippen molar-refractivity contribution in [3.8, 4) is 18.2 Å². The van der Waals surface area contributed by atoms with Crippen molar-refractivity contribution in [2.75, 3.05) is 20.1 Å². The molecule has 1 fully saturated rings. The number of hydrogen-bond donors (Lipinski definition) is 2. The van der Waals surface area contributed by atoms with Gasteiger partial charge < -0.3 is 10.3 Å². The van der Waals surface area contributed by atoms with Crippen molar-refractivity contribution in [2.24, 2.45) is 17.3 Å². The average Bonchev–Trinajstić information content (AvgIpc) is 3.08. The molecule has 2 unspecified atom stereocenters. The highest BCUT2D eigenvalue weighted by molar-refractivity contribution is 7.08. The largest absolute Gasteiger partial charge is 0.334 e. The Morgan fingerprint density at radius 2 is 2.09 bits per heavy atom. The molecule has 6 heteroatoms. The lowest BCUT2D eigenvalue weighted by molar-refractivity contribution is -0.878. The van der Waals surface area contributed by atoms with Crippen molar-refractivity contribution in [1.29, 1.82) is 21.2 Å². The van der Waals surface area contributed by atoms with E-state index in [2.05, 4.69) is 25.3 Å². The Labute approximate surface area is 139 Å². The fraction of sp³-hybridized carbons (Fsp3) is 0.412. The van der Waals surface area contributed by atoms with Gasteiger partial charge in [0.15, 0.2) is 5.41 Å². The van der Waals surface area contributed by atoms with Crippen LogP contribution in [0.1, 0.15) is 11.5 Å². The fourth-order valence-electron chi connectivity index (χ4n) is 3.88. The van der Waals surface area contributed by atoms with Crippen LogP contribution < -0.4 is 4.90 Å². The summed E-state index contributed by atoms with van der Waals surface area (Å²) in [6.07, 6.45) is 2.03. The zero-order valence-corrected chi connectivity index (χ0v) is 13.5. The van der Waals surface area contributed by atoms with Crippen molar-refractivity contribution in [1.82, 2.24) is 0 Å². The first kappa shape index (κ1) is 15.4. The first-order valence-electron chi connectivity index (χ1n) is 7.43. The van der Waals surface area contributed by atoms with Gasteiger partial charge in [-0.1, -0.05) is 0 Å². The highest BCUT2D eigenvalue weighted by atomic mass is 32.1. The molecule has 0 aromatic carbocycles. The topological polar surface area (TPSA) is 99.7 Å². The molecule has 114 valence electrons. The van der Waals surface area contributed by atoms with Crippen molar-refractivity contribution >= 4 is 17.0 Å². The second kappa shape index (κ2) is 5.63. The van der Waals surface area contributed by atoms with Crippen LogP contribution >= 0.6 is 11.3 Å². The van der Waals surface area contributed by atoms with Gasteiger partial charge in [-0.2, -0.15) is 27.1 Å². The van der Waals surface area contributed by atoms with Crippen LogP contribution in [0, 0.1) is 56.7 Å². The standard InChI is InChI=1S/C17H15N5S/c1-22-4-2-12-13(6-18)16(21)17(9-19,10-20)15(14(12)7-22)11-3-5-23-8-11/h2-3,5,8,13-15,21H,4,7H2,1H3/p+1/t13?,14-,15-/m0/s1. The summed E-state index contributed by atoms with van der Waals surface area (Å²) in [5.41, 5.74) is 0.203. The molecule has 2 N–H and O–H groups in total. The summed E-state index contributed by atoms with van der Waals surface area (Å²) in [5, 5.41) is 41.5. The minimum absolute atomic E-state index is 0.0589. The van der Waals surface area contributed by atoms with Crippen molar-refractivity contribution in [3.05, 3.63) is 34.0 Å². The van der Waals surface area contributed by atoms with E-state index in [0.717, 1.165) is 24.2 Å². The summed E-state index contributed by atoms with van der Waals surface area (Å²) in [7, 11) is 2.07. The molecule has 1 aliphatic heterocycles. The van der Waals surface area contributed by atoms with Gasteiger partial charge in [-0.3, -0.25) is 0 Å². The van der Waals surface area contributed by atoms with Crippen molar-refractivity contribution in [2.45, 2.75) is 5.92 Å². The summed E-state index contributed by atoms with van der Waals surface area (Å²) in [6, 6.07) is 8.28. The van der Waals surface area contributed by atoms with Gasteiger partial charge in [0.1, 0.15) is 5.92 Å². The van der Waals surface area contributed by atoms with Gasteiger partial charge in [0.05, 0.1) is 44.1 Å². The molecule has 0 spiro atoms. The molecule has 2 aliphatic rings. The number of nitriles is 3. The number of nitrogens with one attached hydrogen (secondary N) is 2. The lowest BCUT2D eigenvalue weighted by Gasteiger charge is -2.45. The predicted octanol–water partition coefficient (Wildman–Crippen LogP) is 1.11. The first-order valence-corrected chi connectivity index (χ1v) is 8.37. The number of likely N-dealkylation sites (N-methyl/N-ethyl adjacent to an activating group) is 1. The molecule has 2 heterocycles.